The molecule has 3 saturated carbocycles. The molecule has 5 fully saturated rings. The van der Waals surface area contributed by atoms with Crippen molar-refractivity contribution in [1.82, 2.24) is 14.5 Å². The Kier molecular flexibility index (Phi) is 6.95. The van der Waals surface area contributed by atoms with Crippen LogP contribution in [0.2, 0.25) is 0 Å². The van der Waals surface area contributed by atoms with Crippen molar-refractivity contribution in [3.63, 3.8) is 0 Å². The lowest BCUT2D eigenvalue weighted by Gasteiger charge is -2.57. The van der Waals surface area contributed by atoms with Crippen LogP contribution in [0, 0.1) is 29.6 Å². The van der Waals surface area contributed by atoms with Gasteiger partial charge < -0.3 is 14.4 Å². The van der Waals surface area contributed by atoms with E-state index in [0.717, 1.165) is 47.8 Å². The maximum absolute atomic E-state index is 13.8. The summed E-state index contributed by atoms with van der Waals surface area (Å²) >= 11 is 0. The molecule has 3 heterocycles. The molecule has 3 aliphatic carbocycles. The van der Waals surface area contributed by atoms with Gasteiger partial charge in [0.1, 0.15) is 5.69 Å². The highest BCUT2D eigenvalue weighted by Crippen LogP contribution is 2.51. The third-order valence-electron chi connectivity index (χ3n) is 10.7. The molecule has 7 atom stereocenters. The molecule has 206 valence electrons. The third-order valence-corrected chi connectivity index (χ3v) is 11.2. The summed E-state index contributed by atoms with van der Waals surface area (Å²) in [5.41, 5.74) is 1.32. The van der Waals surface area contributed by atoms with E-state index in [2.05, 4.69) is 30.7 Å². The van der Waals surface area contributed by atoms with Gasteiger partial charge in [0, 0.05) is 30.0 Å². The van der Waals surface area contributed by atoms with E-state index in [0.29, 0.717) is 29.6 Å². The normalized spacial score (nSPS) is 38.1. The molecule has 4 unspecified atom stereocenters. The van der Waals surface area contributed by atoms with Crippen LogP contribution in [0.4, 0.5) is 0 Å². The summed E-state index contributed by atoms with van der Waals surface area (Å²) in [6.07, 6.45) is 10.9. The zero-order chi connectivity index (χ0) is 26.8. The number of hydrogen-bond acceptors (Lipinski definition) is 4. The fraction of sp³-hybridized carbons (Fsp3) is 0.667. The van der Waals surface area contributed by atoms with Gasteiger partial charge in [-0.3, -0.25) is 14.3 Å². The van der Waals surface area contributed by atoms with E-state index in [1.165, 1.54) is 44.6 Å². The van der Waals surface area contributed by atoms with Crippen LogP contribution in [0.15, 0.2) is 34.9 Å². The zero-order valence-corrected chi connectivity index (χ0v) is 23.7. The van der Waals surface area contributed by atoms with Crippen LogP contribution < -0.4 is 5.56 Å². The van der Waals surface area contributed by atoms with E-state index in [4.69, 9.17) is 0 Å². The number of para-hydroxylation sites is 2. The molecule has 1 aromatic carbocycles. The van der Waals surface area contributed by atoms with E-state index in [1.54, 1.807) is 0 Å². The van der Waals surface area contributed by atoms with E-state index in [9.17, 15) is 19.1 Å². The summed E-state index contributed by atoms with van der Waals surface area (Å²) in [5, 5.41) is 0. The molecule has 5 aliphatic rings. The average Bonchev–Trinajstić information content (AvgIpc) is 2.84. The minimum Gasteiger partial charge on any atom is -0.321 e. The number of piperidine rings is 2. The maximum atomic E-state index is 13.8. The van der Waals surface area contributed by atoms with Crippen LogP contribution in [0.1, 0.15) is 83.9 Å². The van der Waals surface area contributed by atoms with Gasteiger partial charge in [0.25, 0.3) is 5.56 Å². The summed E-state index contributed by atoms with van der Waals surface area (Å²) < 4.78 is 13.4. The summed E-state index contributed by atoms with van der Waals surface area (Å²) in [4.78, 5) is 39.9. The Morgan fingerprint density at radius 1 is 0.921 bits per heavy atom. The number of fused-ring (bicyclic) bond motifs is 8. The SMILES string of the molecule is CC1CC[C@@H]2C[C@H](n3c(=O)c(/C=C/P(=O)(O)O)nc4ccccc43)CC1N2[C@H]1CC(C)C(C)[C@H]2C[C@@H](C1)C2. The van der Waals surface area contributed by atoms with E-state index < -0.39 is 7.60 Å². The number of aromatic nitrogens is 2. The number of hydrogen-bond donors (Lipinski definition) is 2. The van der Waals surface area contributed by atoms with E-state index in [1.807, 2.05) is 28.8 Å². The molecule has 2 aliphatic heterocycles. The quantitative estimate of drug-likeness (QED) is 0.476. The Balaban J connectivity index is 1.36. The molecule has 7 rings (SSSR count). The van der Waals surface area contributed by atoms with Gasteiger partial charge in [-0.25, -0.2) is 4.98 Å². The van der Waals surface area contributed by atoms with Crippen LogP contribution in [0.5, 0.6) is 0 Å². The van der Waals surface area contributed by atoms with Crippen molar-refractivity contribution in [2.24, 2.45) is 29.6 Å². The van der Waals surface area contributed by atoms with Gasteiger partial charge in [0.15, 0.2) is 0 Å². The first-order valence-corrected chi connectivity index (χ1v) is 16.3. The van der Waals surface area contributed by atoms with Gasteiger partial charge in [-0.15, -0.1) is 0 Å². The Morgan fingerprint density at radius 3 is 2.45 bits per heavy atom. The van der Waals surface area contributed by atoms with Gasteiger partial charge in [0.05, 0.1) is 11.0 Å². The summed E-state index contributed by atoms with van der Waals surface area (Å²) in [6.45, 7) is 7.34. The first-order chi connectivity index (χ1) is 18.1. The maximum Gasteiger partial charge on any atom is 0.349 e. The fourth-order valence-corrected chi connectivity index (χ4v) is 8.81. The molecule has 1 aromatic heterocycles. The number of rotatable bonds is 4. The van der Waals surface area contributed by atoms with Crippen molar-refractivity contribution in [3.05, 3.63) is 46.1 Å². The van der Waals surface area contributed by atoms with Gasteiger partial charge in [-0.1, -0.05) is 32.9 Å². The van der Waals surface area contributed by atoms with E-state index >= 15 is 0 Å². The smallest absolute Gasteiger partial charge is 0.321 e. The van der Waals surface area contributed by atoms with Crippen LogP contribution >= 0.6 is 7.60 Å². The molecular weight excluding hydrogens is 497 g/mol. The highest BCUT2D eigenvalue weighted by Gasteiger charge is 2.48. The van der Waals surface area contributed by atoms with Crippen molar-refractivity contribution in [2.45, 2.75) is 96.3 Å². The highest BCUT2D eigenvalue weighted by molar-refractivity contribution is 7.55. The average molecular weight is 540 g/mol. The first-order valence-electron chi connectivity index (χ1n) is 14.6. The molecule has 4 bridgehead atoms. The van der Waals surface area contributed by atoms with Crippen LogP contribution in [0.25, 0.3) is 17.1 Å². The standard InChI is InChI=1S/C30H42N3O4P/c1-18-8-9-23-16-25(17-29(18)32(23)24-12-19(2)20(3)22-13-21(14-22)15-24)33-28-7-5-4-6-26(28)31-27(30(33)34)10-11-38(35,36)37/h4-7,10-11,18-25,29H,8-9,12-17H2,1-3H3,(H2,35,36,37)/b11-10+/t18?,19?,20?,21-,22+,23-,24+,25+,29?/m1/s1. The molecule has 8 heteroatoms. The second-order valence-corrected chi connectivity index (χ2v) is 14.4. The van der Waals surface area contributed by atoms with Gasteiger partial charge >= 0.3 is 7.60 Å². The van der Waals surface area contributed by atoms with E-state index in [-0.39, 0.29) is 17.3 Å². The van der Waals surface area contributed by atoms with Crippen molar-refractivity contribution < 1.29 is 14.4 Å². The van der Waals surface area contributed by atoms with Gasteiger partial charge in [0.2, 0.25) is 0 Å². The fourth-order valence-electron chi connectivity index (χ4n) is 8.48. The monoisotopic (exact) mass is 539 g/mol. The molecule has 2 aromatic rings. The first kappa shape index (κ1) is 26.4. The van der Waals surface area contributed by atoms with Crippen LogP contribution in [0.3, 0.4) is 0 Å². The van der Waals surface area contributed by atoms with Crippen molar-refractivity contribution in [3.8, 4) is 0 Å². The Bertz CT molecular complexity index is 1330. The molecule has 7 nitrogen and oxygen atoms in total. The summed E-state index contributed by atoms with van der Waals surface area (Å²) in [7, 11) is -4.40. The Morgan fingerprint density at radius 2 is 1.68 bits per heavy atom. The number of benzene rings is 1. The zero-order valence-electron chi connectivity index (χ0n) is 22.8. The van der Waals surface area contributed by atoms with Crippen molar-refractivity contribution in [2.75, 3.05) is 0 Å². The van der Waals surface area contributed by atoms with Crippen LogP contribution in [-0.2, 0) is 4.57 Å². The van der Waals surface area contributed by atoms with Crippen molar-refractivity contribution >= 4 is 24.7 Å². The lowest BCUT2D eigenvalue weighted by Crippen LogP contribution is -2.61. The molecule has 0 spiro atoms. The third kappa shape index (κ3) is 4.85. The lowest BCUT2D eigenvalue weighted by molar-refractivity contribution is -0.0756. The molecule has 38 heavy (non-hydrogen) atoms. The predicted molar refractivity (Wildman–Crippen MR) is 151 cm³/mol. The van der Waals surface area contributed by atoms with Crippen molar-refractivity contribution in [1.29, 1.82) is 0 Å². The molecular formula is C30H42N3O4P. The Hall–Kier alpha value is -1.79. The molecule has 0 radical (unpaired) electrons. The molecule has 2 N–H and O–H groups in total. The Labute approximate surface area is 225 Å². The van der Waals surface area contributed by atoms with Gasteiger partial charge in [-0.2, -0.15) is 0 Å². The lowest BCUT2D eigenvalue weighted by atomic mass is 9.60. The van der Waals surface area contributed by atoms with Gasteiger partial charge in [-0.05, 0) is 99.2 Å². The minimum atomic E-state index is -4.40. The highest BCUT2D eigenvalue weighted by atomic mass is 31.2. The molecule has 2 saturated heterocycles. The summed E-state index contributed by atoms with van der Waals surface area (Å²) in [6, 6.07) is 9.25. The minimum absolute atomic E-state index is 0.0459. The predicted octanol–water partition coefficient (Wildman–Crippen LogP) is 5.81. The second kappa shape index (κ2) is 9.99. The second-order valence-electron chi connectivity index (χ2n) is 13.0. The van der Waals surface area contributed by atoms with Crippen LogP contribution in [-0.4, -0.2) is 42.4 Å². The molecule has 0 amide bonds. The topological polar surface area (TPSA) is 95.7 Å². The number of nitrogens with zero attached hydrogens (tertiary/aromatic N) is 3. The summed E-state index contributed by atoms with van der Waals surface area (Å²) in [5.74, 6) is 4.74. The largest absolute Gasteiger partial charge is 0.349 e.